The third kappa shape index (κ3) is 3.13. The maximum Gasteiger partial charge on any atom is 0.187 e. The molecule has 1 aliphatic rings. The first-order chi connectivity index (χ1) is 14.8. The van der Waals surface area contributed by atoms with Gasteiger partial charge in [-0.2, -0.15) is 0 Å². The molecule has 0 saturated heterocycles. The van der Waals surface area contributed by atoms with Crippen LogP contribution in [-0.2, 0) is 18.6 Å². The van der Waals surface area contributed by atoms with Crippen molar-refractivity contribution in [3.8, 4) is 0 Å². The van der Waals surface area contributed by atoms with Gasteiger partial charge in [0.05, 0.1) is 11.2 Å². The van der Waals surface area contributed by atoms with Gasteiger partial charge in [0.1, 0.15) is 0 Å². The lowest BCUT2D eigenvalue weighted by Gasteiger charge is -2.43. The van der Waals surface area contributed by atoms with Crippen molar-refractivity contribution in [2.45, 2.75) is 23.8 Å². The molecule has 3 nitrogen and oxygen atoms in total. The van der Waals surface area contributed by atoms with E-state index in [9.17, 15) is 0 Å². The number of aromatic nitrogens is 2. The fourth-order valence-corrected chi connectivity index (χ4v) is 4.92. The summed E-state index contributed by atoms with van der Waals surface area (Å²) in [6.07, 6.45) is 4.02. The van der Waals surface area contributed by atoms with Gasteiger partial charge in [-0.3, -0.25) is 4.90 Å². The van der Waals surface area contributed by atoms with Crippen LogP contribution in [0.5, 0.6) is 0 Å². The lowest BCUT2D eigenvalue weighted by Crippen LogP contribution is -2.45. The average molecular weight is 410 g/mol. The van der Waals surface area contributed by atoms with Gasteiger partial charge in [0, 0.05) is 24.8 Å². The third-order valence-electron chi connectivity index (χ3n) is 5.87. The van der Waals surface area contributed by atoms with Crippen molar-refractivity contribution in [2.75, 3.05) is 6.26 Å². The van der Waals surface area contributed by atoms with Crippen LogP contribution < -0.4 is 0 Å². The first-order valence-electron chi connectivity index (χ1n) is 10.1. The second-order valence-corrected chi connectivity index (χ2v) is 8.27. The van der Waals surface area contributed by atoms with Crippen molar-refractivity contribution >= 4 is 11.8 Å². The van der Waals surface area contributed by atoms with Gasteiger partial charge in [0.25, 0.3) is 0 Å². The minimum absolute atomic E-state index is 0.413. The molecule has 4 aromatic rings. The number of thioether (sulfide) groups is 1. The second kappa shape index (κ2) is 8.05. The van der Waals surface area contributed by atoms with Crippen LogP contribution in [0.1, 0.15) is 27.9 Å². The summed E-state index contributed by atoms with van der Waals surface area (Å²) in [6.45, 7) is 1.59. The van der Waals surface area contributed by atoms with Crippen LogP contribution in [-0.4, -0.2) is 21.1 Å². The Bertz CT molecular complexity index is 1030. The van der Waals surface area contributed by atoms with Crippen molar-refractivity contribution in [3.63, 3.8) is 0 Å². The van der Waals surface area contributed by atoms with E-state index in [1.807, 2.05) is 12.5 Å². The zero-order chi connectivity index (χ0) is 20.4. The minimum Gasteiger partial charge on any atom is -0.276 e. The van der Waals surface area contributed by atoms with Gasteiger partial charge in [-0.05, 0) is 22.9 Å². The molecule has 2 heterocycles. The Morgan fingerprint density at radius 2 is 1.23 bits per heavy atom. The minimum atomic E-state index is -0.413. The summed E-state index contributed by atoms with van der Waals surface area (Å²) >= 11 is 1.59. The molecule has 0 spiro atoms. The highest BCUT2D eigenvalue weighted by atomic mass is 32.2. The quantitative estimate of drug-likeness (QED) is 0.247. The maximum atomic E-state index is 4.83. The van der Waals surface area contributed by atoms with Crippen LogP contribution >= 0.6 is 11.8 Å². The van der Waals surface area contributed by atoms with E-state index in [0.717, 1.165) is 23.9 Å². The van der Waals surface area contributed by atoms with Gasteiger partial charge in [-0.25, -0.2) is 9.97 Å². The van der Waals surface area contributed by atoms with Crippen LogP contribution in [0.2, 0.25) is 0 Å². The van der Waals surface area contributed by atoms with Crippen LogP contribution in [0.4, 0.5) is 0 Å². The maximum absolute atomic E-state index is 4.83. The van der Waals surface area contributed by atoms with Gasteiger partial charge in [0.15, 0.2) is 5.16 Å². The summed E-state index contributed by atoms with van der Waals surface area (Å²) in [5, 5.41) is 0.834. The zero-order valence-electron chi connectivity index (χ0n) is 16.9. The molecule has 0 fully saturated rings. The van der Waals surface area contributed by atoms with Crippen LogP contribution in [0.25, 0.3) is 0 Å². The first kappa shape index (κ1) is 19.0. The van der Waals surface area contributed by atoms with Crippen molar-refractivity contribution in [2.24, 2.45) is 0 Å². The third-order valence-corrected chi connectivity index (χ3v) is 6.43. The Labute approximate surface area is 181 Å². The summed E-state index contributed by atoms with van der Waals surface area (Å²) in [5.41, 5.74) is 5.69. The monoisotopic (exact) mass is 409 g/mol. The lowest BCUT2D eigenvalue weighted by molar-refractivity contribution is 0.156. The Balaban J connectivity index is 1.75. The fraction of sp³-hybridized carbons (Fsp3) is 0.154. The van der Waals surface area contributed by atoms with Gasteiger partial charge in [0.2, 0.25) is 0 Å². The molecule has 148 valence electrons. The van der Waals surface area contributed by atoms with Gasteiger partial charge in [-0.15, -0.1) is 0 Å². The predicted octanol–water partition coefficient (Wildman–Crippen LogP) is 5.51. The molecule has 0 amide bonds. The summed E-state index contributed by atoms with van der Waals surface area (Å²) in [6, 6.07) is 32.5. The molecule has 5 rings (SSSR count). The molecule has 4 heteroatoms. The van der Waals surface area contributed by atoms with E-state index in [-0.39, 0.29) is 0 Å². The van der Waals surface area contributed by atoms with Crippen LogP contribution in [0.3, 0.4) is 0 Å². The molecule has 0 radical (unpaired) electrons. The molecule has 0 N–H and O–H groups in total. The fourth-order valence-electron chi connectivity index (χ4n) is 4.56. The topological polar surface area (TPSA) is 29.0 Å². The number of nitrogens with zero attached hydrogens (tertiary/aromatic N) is 3. The lowest BCUT2D eigenvalue weighted by atomic mass is 9.75. The highest BCUT2D eigenvalue weighted by Crippen LogP contribution is 2.45. The van der Waals surface area contributed by atoms with Gasteiger partial charge in [-0.1, -0.05) is 103 Å². The number of rotatable bonds is 5. The first-order valence-corrected chi connectivity index (χ1v) is 11.4. The smallest absolute Gasteiger partial charge is 0.187 e. The molecular formula is C26H23N3S. The van der Waals surface area contributed by atoms with E-state index >= 15 is 0 Å². The predicted molar refractivity (Wildman–Crippen MR) is 122 cm³/mol. The second-order valence-electron chi connectivity index (χ2n) is 7.49. The summed E-state index contributed by atoms with van der Waals surface area (Å²) in [4.78, 5) is 11.9. The van der Waals surface area contributed by atoms with Crippen molar-refractivity contribution in [3.05, 3.63) is 125 Å². The molecule has 3 aromatic carbocycles. The summed E-state index contributed by atoms with van der Waals surface area (Å²) in [7, 11) is 0. The molecule has 0 saturated carbocycles. The molecule has 1 aromatic heterocycles. The van der Waals surface area contributed by atoms with Crippen molar-refractivity contribution < 1.29 is 0 Å². The van der Waals surface area contributed by atoms with Gasteiger partial charge < -0.3 is 0 Å². The number of benzene rings is 3. The van der Waals surface area contributed by atoms with Crippen LogP contribution in [0.15, 0.2) is 102 Å². The molecule has 30 heavy (non-hydrogen) atoms. The Hall–Kier alpha value is -2.95. The molecular weight excluding hydrogens is 386 g/mol. The number of hydrogen-bond acceptors (Lipinski definition) is 4. The van der Waals surface area contributed by atoms with E-state index in [0.29, 0.717) is 0 Å². The largest absolute Gasteiger partial charge is 0.276 e. The SMILES string of the molecule is CSc1ncc2c(n1)CN(C(c1ccccc1)(c1ccccc1)c1ccccc1)C2. The number of fused-ring (bicyclic) bond motifs is 1. The van der Waals surface area contributed by atoms with Gasteiger partial charge >= 0.3 is 0 Å². The highest BCUT2D eigenvalue weighted by molar-refractivity contribution is 7.98. The molecule has 0 bridgehead atoms. The summed E-state index contributed by atoms with van der Waals surface area (Å²) < 4.78 is 0. The summed E-state index contributed by atoms with van der Waals surface area (Å²) in [5.74, 6) is 0. The normalized spacial score (nSPS) is 13.9. The van der Waals surface area contributed by atoms with E-state index in [1.54, 1.807) is 11.8 Å². The van der Waals surface area contributed by atoms with E-state index < -0.39 is 5.54 Å². The average Bonchev–Trinajstić information content (AvgIpc) is 3.25. The van der Waals surface area contributed by atoms with E-state index in [1.165, 1.54) is 22.3 Å². The highest BCUT2D eigenvalue weighted by Gasteiger charge is 2.44. The zero-order valence-corrected chi connectivity index (χ0v) is 17.7. The molecule has 0 unspecified atom stereocenters. The van der Waals surface area contributed by atoms with Crippen molar-refractivity contribution in [1.29, 1.82) is 0 Å². The van der Waals surface area contributed by atoms with Crippen LogP contribution in [0, 0.1) is 0 Å². The Kier molecular flexibility index (Phi) is 5.11. The molecule has 0 aliphatic carbocycles. The van der Waals surface area contributed by atoms with E-state index in [4.69, 9.17) is 4.98 Å². The van der Waals surface area contributed by atoms with E-state index in [2.05, 4.69) is 101 Å². The Morgan fingerprint density at radius 1 is 0.733 bits per heavy atom. The molecule has 0 atom stereocenters. The molecule has 1 aliphatic heterocycles. The number of hydrogen-bond donors (Lipinski definition) is 0. The van der Waals surface area contributed by atoms with Crippen molar-refractivity contribution in [1.82, 2.24) is 14.9 Å². The standard InChI is InChI=1S/C26H23N3S/c1-30-25-27-17-20-18-29(19-24(20)28-25)26(21-11-5-2-6-12-21,22-13-7-3-8-14-22)23-15-9-4-10-16-23/h2-17H,18-19H2,1H3. The Morgan fingerprint density at radius 3 is 1.70 bits per heavy atom.